The monoisotopic (exact) mass is 422 g/mol. The van der Waals surface area contributed by atoms with Crippen LogP contribution in [0.15, 0.2) is 30.5 Å². The largest absolute Gasteiger partial charge is 0.493 e. The minimum Gasteiger partial charge on any atom is -0.493 e. The molecular weight excluding hydrogens is 398 g/mol. The zero-order valence-electron chi connectivity index (χ0n) is 16.8. The van der Waals surface area contributed by atoms with E-state index in [2.05, 4.69) is 10.3 Å². The van der Waals surface area contributed by atoms with E-state index in [1.807, 2.05) is 6.92 Å². The number of benzene rings is 1. The van der Waals surface area contributed by atoms with Gasteiger partial charge in [0.25, 0.3) is 5.91 Å². The number of aromatic nitrogens is 1. The van der Waals surface area contributed by atoms with E-state index in [0.29, 0.717) is 11.3 Å². The van der Waals surface area contributed by atoms with Gasteiger partial charge in [-0.25, -0.2) is 4.39 Å². The molecule has 0 saturated carbocycles. The van der Waals surface area contributed by atoms with Crippen molar-refractivity contribution in [3.05, 3.63) is 53.4 Å². The van der Waals surface area contributed by atoms with Crippen molar-refractivity contribution in [1.82, 2.24) is 4.98 Å². The number of hydrogen-bond donors (Lipinski definition) is 3. The van der Waals surface area contributed by atoms with Gasteiger partial charge in [-0.05, 0) is 31.0 Å². The number of rotatable bonds is 6. The Morgan fingerprint density at radius 2 is 2.07 bits per heavy atom. The Hall–Kier alpha value is -2.62. The van der Waals surface area contributed by atoms with Crippen molar-refractivity contribution in [1.29, 1.82) is 0 Å². The van der Waals surface area contributed by atoms with Crippen LogP contribution >= 0.6 is 0 Å². The Morgan fingerprint density at radius 1 is 1.33 bits per heavy atom. The molecule has 30 heavy (non-hydrogen) atoms. The normalized spacial score (nSPS) is 24.5. The number of carbonyl (C=O) groups is 1. The Bertz CT molecular complexity index is 926. The summed E-state index contributed by atoms with van der Waals surface area (Å²) < 4.78 is 38.9. The molecule has 1 aliphatic rings. The molecule has 1 saturated heterocycles. The van der Waals surface area contributed by atoms with Crippen LogP contribution in [0.1, 0.15) is 37.1 Å². The SMILES string of the molecule is COc1c([C@@H]2C(C(=O)Nc3ccnc(C(O)CO)c3)O[C@H](C)[C@@H]2C)ccc(F)c1F. The zero-order valence-corrected chi connectivity index (χ0v) is 16.8. The fraction of sp³-hybridized carbons (Fsp3) is 0.429. The summed E-state index contributed by atoms with van der Waals surface area (Å²) in [6, 6.07) is 5.37. The minimum absolute atomic E-state index is 0.177. The summed E-state index contributed by atoms with van der Waals surface area (Å²) in [7, 11) is 1.24. The molecule has 162 valence electrons. The maximum absolute atomic E-state index is 14.3. The van der Waals surface area contributed by atoms with Gasteiger partial charge in [-0.2, -0.15) is 4.39 Å². The molecule has 7 nitrogen and oxygen atoms in total. The average Bonchev–Trinajstić information content (AvgIpc) is 3.04. The predicted octanol–water partition coefficient (Wildman–Crippen LogP) is 2.54. The van der Waals surface area contributed by atoms with Crippen molar-refractivity contribution >= 4 is 11.6 Å². The topological polar surface area (TPSA) is 101 Å². The highest BCUT2D eigenvalue weighted by atomic mass is 19.2. The van der Waals surface area contributed by atoms with E-state index in [0.717, 1.165) is 6.07 Å². The van der Waals surface area contributed by atoms with Crippen LogP contribution in [0.2, 0.25) is 0 Å². The van der Waals surface area contributed by atoms with Gasteiger partial charge in [-0.15, -0.1) is 0 Å². The molecule has 2 aromatic rings. The number of halogens is 2. The maximum Gasteiger partial charge on any atom is 0.254 e. The lowest BCUT2D eigenvalue weighted by atomic mass is 9.82. The Labute approximate surface area is 172 Å². The van der Waals surface area contributed by atoms with Crippen LogP contribution in [0.25, 0.3) is 0 Å². The van der Waals surface area contributed by atoms with E-state index in [1.165, 1.54) is 31.5 Å². The summed E-state index contributed by atoms with van der Waals surface area (Å²) >= 11 is 0. The second-order valence-corrected chi connectivity index (χ2v) is 7.29. The lowest BCUT2D eigenvalue weighted by molar-refractivity contribution is -0.127. The third-order valence-electron chi connectivity index (χ3n) is 5.46. The molecule has 1 aromatic heterocycles. The summed E-state index contributed by atoms with van der Waals surface area (Å²) in [6.45, 7) is 3.16. The minimum atomic E-state index is -1.18. The zero-order chi connectivity index (χ0) is 22.0. The van der Waals surface area contributed by atoms with Gasteiger partial charge < -0.3 is 25.0 Å². The molecular formula is C21H24F2N2O5. The van der Waals surface area contributed by atoms with Gasteiger partial charge in [0.15, 0.2) is 11.6 Å². The number of aliphatic hydroxyl groups excluding tert-OH is 2. The number of ether oxygens (including phenoxy) is 2. The van der Waals surface area contributed by atoms with Crippen LogP contribution < -0.4 is 10.1 Å². The summed E-state index contributed by atoms with van der Waals surface area (Å²) in [6.07, 6.45) is -1.08. The van der Waals surface area contributed by atoms with Crippen molar-refractivity contribution in [3.8, 4) is 5.75 Å². The molecule has 1 aromatic carbocycles. The molecule has 3 N–H and O–H groups in total. The summed E-state index contributed by atoms with van der Waals surface area (Å²) in [5.74, 6) is -3.64. The summed E-state index contributed by atoms with van der Waals surface area (Å²) in [5, 5.41) is 21.5. The number of nitrogens with one attached hydrogen (secondary N) is 1. The third-order valence-corrected chi connectivity index (χ3v) is 5.46. The van der Waals surface area contributed by atoms with E-state index in [9.17, 15) is 18.7 Å². The van der Waals surface area contributed by atoms with Crippen LogP contribution in [0.5, 0.6) is 5.75 Å². The van der Waals surface area contributed by atoms with Gasteiger partial charge in [-0.1, -0.05) is 13.0 Å². The highest BCUT2D eigenvalue weighted by Gasteiger charge is 2.46. The molecule has 9 heteroatoms. The van der Waals surface area contributed by atoms with Crippen LogP contribution in [0.4, 0.5) is 14.5 Å². The van der Waals surface area contributed by atoms with Gasteiger partial charge >= 0.3 is 0 Å². The van der Waals surface area contributed by atoms with Gasteiger partial charge in [0.1, 0.15) is 12.2 Å². The average molecular weight is 422 g/mol. The number of nitrogens with zero attached hydrogens (tertiary/aromatic N) is 1. The second kappa shape index (κ2) is 9.03. The number of pyridine rings is 1. The molecule has 3 rings (SSSR count). The first-order chi connectivity index (χ1) is 14.3. The van der Waals surface area contributed by atoms with Crippen molar-refractivity contribution in [2.24, 2.45) is 5.92 Å². The van der Waals surface area contributed by atoms with Gasteiger partial charge in [-0.3, -0.25) is 9.78 Å². The van der Waals surface area contributed by atoms with E-state index in [-0.39, 0.29) is 23.5 Å². The molecule has 0 bridgehead atoms. The second-order valence-electron chi connectivity index (χ2n) is 7.29. The standard InChI is InChI=1S/C21H24F2N2O5/c1-10-11(2)30-20(17(10)13-4-5-14(22)18(23)19(13)29-3)21(28)25-12-6-7-24-15(8-12)16(27)9-26/h4-8,10-11,16-17,20,26-27H,9H2,1-3H3,(H,24,25,28)/t10-,11+,16?,17+,20?/m0/s1. The molecule has 2 heterocycles. The first kappa shape index (κ1) is 22.1. The van der Waals surface area contributed by atoms with Crippen LogP contribution in [-0.4, -0.2) is 47.0 Å². The van der Waals surface area contributed by atoms with Gasteiger partial charge in [0.05, 0.1) is 25.5 Å². The number of carbonyl (C=O) groups excluding carboxylic acids is 1. The molecule has 1 aliphatic heterocycles. The molecule has 0 spiro atoms. The van der Waals surface area contributed by atoms with Crippen LogP contribution in [0, 0.1) is 17.6 Å². The first-order valence-corrected chi connectivity index (χ1v) is 9.51. The lowest BCUT2D eigenvalue weighted by Gasteiger charge is -2.23. The van der Waals surface area contributed by atoms with E-state index in [1.54, 1.807) is 6.92 Å². The molecule has 0 aliphatic carbocycles. The van der Waals surface area contributed by atoms with Crippen molar-refractivity contribution in [2.75, 3.05) is 19.0 Å². The third kappa shape index (κ3) is 4.14. The van der Waals surface area contributed by atoms with E-state index < -0.39 is 42.3 Å². The van der Waals surface area contributed by atoms with E-state index >= 15 is 0 Å². The lowest BCUT2D eigenvalue weighted by Crippen LogP contribution is -2.33. The number of amides is 1. The van der Waals surface area contributed by atoms with Crippen molar-refractivity contribution in [3.63, 3.8) is 0 Å². The fourth-order valence-electron chi connectivity index (χ4n) is 3.71. The molecule has 5 atom stereocenters. The number of hydrogen-bond acceptors (Lipinski definition) is 6. The number of methoxy groups -OCH3 is 1. The maximum atomic E-state index is 14.3. The predicted molar refractivity (Wildman–Crippen MR) is 104 cm³/mol. The first-order valence-electron chi connectivity index (χ1n) is 9.51. The smallest absolute Gasteiger partial charge is 0.254 e. The Kier molecular flexibility index (Phi) is 6.64. The highest BCUT2D eigenvalue weighted by molar-refractivity contribution is 5.95. The van der Waals surface area contributed by atoms with Gasteiger partial charge in [0, 0.05) is 23.4 Å². The summed E-state index contributed by atoms with van der Waals surface area (Å²) in [5.41, 5.74) is 0.895. The Morgan fingerprint density at radius 3 is 2.73 bits per heavy atom. The Balaban J connectivity index is 1.91. The van der Waals surface area contributed by atoms with Crippen LogP contribution in [-0.2, 0) is 9.53 Å². The van der Waals surface area contributed by atoms with E-state index in [4.69, 9.17) is 14.6 Å². The van der Waals surface area contributed by atoms with Crippen molar-refractivity contribution in [2.45, 2.75) is 38.1 Å². The number of aliphatic hydroxyl groups is 2. The van der Waals surface area contributed by atoms with Crippen molar-refractivity contribution < 1.29 is 33.3 Å². The molecule has 2 unspecified atom stereocenters. The summed E-state index contributed by atoms with van der Waals surface area (Å²) in [4.78, 5) is 17.0. The molecule has 1 fully saturated rings. The highest BCUT2D eigenvalue weighted by Crippen LogP contribution is 2.44. The molecule has 1 amide bonds. The van der Waals surface area contributed by atoms with Crippen LogP contribution in [0.3, 0.4) is 0 Å². The number of anilines is 1. The fourth-order valence-corrected chi connectivity index (χ4v) is 3.71. The quantitative estimate of drug-likeness (QED) is 0.662. The molecule has 0 radical (unpaired) electrons. The van der Waals surface area contributed by atoms with Gasteiger partial charge in [0.2, 0.25) is 5.82 Å².